The first-order chi connectivity index (χ1) is 9.62. The monoisotopic (exact) mass is 304 g/mol. The molecule has 2 saturated heterocycles. The van der Waals surface area contributed by atoms with Crippen molar-refractivity contribution in [2.75, 3.05) is 38.5 Å². The molecule has 2 unspecified atom stereocenters. The van der Waals surface area contributed by atoms with Gasteiger partial charge in [0.2, 0.25) is 10.0 Å². The summed E-state index contributed by atoms with van der Waals surface area (Å²) in [6.07, 6.45) is 5.07. The molecule has 2 rings (SSSR count). The van der Waals surface area contributed by atoms with Crippen LogP contribution in [0.2, 0.25) is 0 Å². The molecule has 2 aliphatic heterocycles. The van der Waals surface area contributed by atoms with Gasteiger partial charge in [-0.05, 0) is 51.1 Å². The third-order valence-electron chi connectivity index (χ3n) is 4.14. The zero-order valence-corrected chi connectivity index (χ0v) is 13.3. The Hall–Kier alpha value is -0.170. The van der Waals surface area contributed by atoms with Gasteiger partial charge in [0.25, 0.3) is 0 Å². The lowest BCUT2D eigenvalue weighted by Crippen LogP contribution is -2.46. The Balaban J connectivity index is 1.87. The largest absolute Gasteiger partial charge is 0.377 e. The fraction of sp³-hybridized carbons (Fsp3) is 1.00. The minimum Gasteiger partial charge on any atom is -0.377 e. The molecule has 0 spiro atoms. The molecule has 6 heteroatoms. The van der Waals surface area contributed by atoms with E-state index in [2.05, 4.69) is 12.2 Å². The Kier molecular flexibility index (Phi) is 6.26. The Labute approximate surface area is 123 Å². The fourth-order valence-electron chi connectivity index (χ4n) is 3.05. The maximum Gasteiger partial charge on any atom is 0.214 e. The van der Waals surface area contributed by atoms with Gasteiger partial charge in [-0.2, -0.15) is 4.31 Å². The average Bonchev–Trinajstić information content (AvgIpc) is 2.46. The van der Waals surface area contributed by atoms with Gasteiger partial charge in [-0.25, -0.2) is 8.42 Å². The van der Waals surface area contributed by atoms with Gasteiger partial charge in [0, 0.05) is 19.7 Å². The molecule has 2 fully saturated rings. The van der Waals surface area contributed by atoms with Crippen molar-refractivity contribution in [3.05, 3.63) is 0 Å². The number of ether oxygens (including phenoxy) is 1. The molecule has 2 atom stereocenters. The van der Waals surface area contributed by atoms with Gasteiger partial charge < -0.3 is 10.1 Å². The molecule has 0 amide bonds. The van der Waals surface area contributed by atoms with E-state index < -0.39 is 10.0 Å². The van der Waals surface area contributed by atoms with Crippen molar-refractivity contribution in [2.45, 2.75) is 45.1 Å². The van der Waals surface area contributed by atoms with Gasteiger partial charge in [-0.1, -0.05) is 6.92 Å². The number of sulfonamides is 1. The quantitative estimate of drug-likeness (QED) is 0.801. The summed E-state index contributed by atoms with van der Waals surface area (Å²) in [7, 11) is -3.13. The number of hydrogen-bond acceptors (Lipinski definition) is 4. The maximum absolute atomic E-state index is 12.5. The highest BCUT2D eigenvalue weighted by atomic mass is 32.2. The molecular formula is C14H28N2O3S. The van der Waals surface area contributed by atoms with Gasteiger partial charge in [0.1, 0.15) is 0 Å². The van der Waals surface area contributed by atoms with Crippen LogP contribution in [0.5, 0.6) is 0 Å². The van der Waals surface area contributed by atoms with E-state index in [0.717, 1.165) is 51.8 Å². The third-order valence-corrected chi connectivity index (χ3v) is 6.15. The summed E-state index contributed by atoms with van der Waals surface area (Å²) < 4.78 is 32.4. The molecule has 2 heterocycles. The number of hydrogen-bond donors (Lipinski definition) is 1. The second-order valence-corrected chi connectivity index (χ2v) is 8.00. The van der Waals surface area contributed by atoms with Crippen LogP contribution >= 0.6 is 0 Å². The second kappa shape index (κ2) is 7.73. The molecule has 20 heavy (non-hydrogen) atoms. The topological polar surface area (TPSA) is 58.6 Å². The second-order valence-electron chi connectivity index (χ2n) is 5.98. The van der Waals surface area contributed by atoms with Gasteiger partial charge in [0.05, 0.1) is 11.9 Å². The van der Waals surface area contributed by atoms with Crippen molar-refractivity contribution in [3.8, 4) is 0 Å². The Morgan fingerprint density at radius 1 is 1.30 bits per heavy atom. The number of rotatable bonds is 6. The van der Waals surface area contributed by atoms with E-state index in [0.29, 0.717) is 18.8 Å². The van der Waals surface area contributed by atoms with Crippen LogP contribution in [0.25, 0.3) is 0 Å². The Bertz CT molecular complexity index is 380. The summed E-state index contributed by atoms with van der Waals surface area (Å²) in [6.45, 7) is 5.87. The number of piperidine rings is 2. The standard InChI is InChI=1S/C14H28N2O3S/c1-2-9-19-14-6-4-8-16(11-14)20(17,18)12-13-5-3-7-15-10-13/h13-15H,2-12H2,1H3. The minimum atomic E-state index is -3.13. The van der Waals surface area contributed by atoms with Gasteiger partial charge >= 0.3 is 0 Å². The van der Waals surface area contributed by atoms with Crippen LogP contribution in [-0.2, 0) is 14.8 Å². The molecule has 0 radical (unpaired) electrons. The van der Waals surface area contributed by atoms with Crippen LogP contribution in [-0.4, -0.2) is 57.4 Å². The van der Waals surface area contributed by atoms with E-state index >= 15 is 0 Å². The SMILES string of the molecule is CCCOC1CCCN(S(=O)(=O)CC2CCCNC2)C1. The summed E-state index contributed by atoms with van der Waals surface area (Å²) in [5, 5.41) is 3.29. The zero-order chi connectivity index (χ0) is 14.4. The van der Waals surface area contributed by atoms with E-state index in [4.69, 9.17) is 4.74 Å². The molecular weight excluding hydrogens is 276 g/mol. The maximum atomic E-state index is 12.5. The minimum absolute atomic E-state index is 0.0861. The molecule has 5 nitrogen and oxygen atoms in total. The number of nitrogens with one attached hydrogen (secondary N) is 1. The summed E-state index contributed by atoms with van der Waals surface area (Å²) in [6, 6.07) is 0. The van der Waals surface area contributed by atoms with E-state index in [1.54, 1.807) is 4.31 Å². The van der Waals surface area contributed by atoms with Crippen LogP contribution in [0, 0.1) is 5.92 Å². The van der Waals surface area contributed by atoms with Crippen molar-refractivity contribution in [1.82, 2.24) is 9.62 Å². The predicted octanol–water partition coefficient (Wildman–Crippen LogP) is 1.21. The Morgan fingerprint density at radius 2 is 2.15 bits per heavy atom. The summed E-state index contributed by atoms with van der Waals surface area (Å²) >= 11 is 0. The Morgan fingerprint density at radius 3 is 2.85 bits per heavy atom. The smallest absolute Gasteiger partial charge is 0.214 e. The zero-order valence-electron chi connectivity index (χ0n) is 12.5. The van der Waals surface area contributed by atoms with Gasteiger partial charge in [-0.15, -0.1) is 0 Å². The van der Waals surface area contributed by atoms with Crippen molar-refractivity contribution >= 4 is 10.0 Å². The first-order valence-corrected chi connectivity index (χ1v) is 9.53. The molecule has 118 valence electrons. The van der Waals surface area contributed by atoms with Crippen LogP contribution in [0.15, 0.2) is 0 Å². The van der Waals surface area contributed by atoms with Gasteiger partial charge in [-0.3, -0.25) is 0 Å². The summed E-state index contributed by atoms with van der Waals surface area (Å²) in [5.74, 6) is 0.561. The molecule has 1 N–H and O–H groups in total. The van der Waals surface area contributed by atoms with Crippen LogP contribution < -0.4 is 5.32 Å². The summed E-state index contributed by atoms with van der Waals surface area (Å²) in [5.41, 5.74) is 0. The van der Waals surface area contributed by atoms with Crippen molar-refractivity contribution < 1.29 is 13.2 Å². The predicted molar refractivity (Wildman–Crippen MR) is 80.2 cm³/mol. The fourth-order valence-corrected chi connectivity index (χ4v) is 4.94. The highest BCUT2D eigenvalue weighted by molar-refractivity contribution is 7.89. The van der Waals surface area contributed by atoms with E-state index in [1.807, 2.05) is 0 Å². The molecule has 0 aliphatic carbocycles. The first kappa shape index (κ1) is 16.2. The first-order valence-electron chi connectivity index (χ1n) is 7.92. The van der Waals surface area contributed by atoms with Gasteiger partial charge in [0.15, 0.2) is 0 Å². The summed E-state index contributed by atoms with van der Waals surface area (Å²) in [4.78, 5) is 0. The highest BCUT2D eigenvalue weighted by Crippen LogP contribution is 2.20. The molecule has 0 aromatic carbocycles. The molecule has 2 aliphatic rings. The van der Waals surface area contributed by atoms with Crippen LogP contribution in [0.1, 0.15) is 39.0 Å². The molecule has 0 aromatic heterocycles. The lowest BCUT2D eigenvalue weighted by molar-refractivity contribution is 0.0192. The van der Waals surface area contributed by atoms with E-state index in [-0.39, 0.29) is 12.0 Å². The van der Waals surface area contributed by atoms with Crippen LogP contribution in [0.4, 0.5) is 0 Å². The normalized spacial score (nSPS) is 29.4. The van der Waals surface area contributed by atoms with Crippen molar-refractivity contribution in [2.24, 2.45) is 5.92 Å². The third kappa shape index (κ3) is 4.69. The van der Waals surface area contributed by atoms with E-state index in [9.17, 15) is 8.42 Å². The number of nitrogens with zero attached hydrogens (tertiary/aromatic N) is 1. The van der Waals surface area contributed by atoms with E-state index in [1.165, 1.54) is 0 Å². The highest BCUT2D eigenvalue weighted by Gasteiger charge is 2.31. The average molecular weight is 304 g/mol. The van der Waals surface area contributed by atoms with Crippen LogP contribution in [0.3, 0.4) is 0 Å². The molecule has 0 aromatic rings. The molecule has 0 bridgehead atoms. The lowest BCUT2D eigenvalue weighted by Gasteiger charge is -2.33. The lowest BCUT2D eigenvalue weighted by atomic mass is 10.0. The van der Waals surface area contributed by atoms with Crippen molar-refractivity contribution in [1.29, 1.82) is 0 Å². The molecule has 0 saturated carbocycles. The van der Waals surface area contributed by atoms with Crippen molar-refractivity contribution in [3.63, 3.8) is 0 Å².